The van der Waals surface area contributed by atoms with Crippen LogP contribution in [0, 0.1) is 0 Å². The van der Waals surface area contributed by atoms with Crippen LogP contribution in [0.3, 0.4) is 0 Å². The van der Waals surface area contributed by atoms with Gasteiger partial charge in [0, 0.05) is 25.0 Å². The molecule has 98 valence electrons. The maximum atomic E-state index is 12.0. The number of carbonyl (C=O) groups excluding carboxylic acids is 1. The van der Waals surface area contributed by atoms with Crippen LogP contribution in [0.2, 0.25) is 0 Å². The summed E-state index contributed by atoms with van der Waals surface area (Å²) < 4.78 is 7.10. The summed E-state index contributed by atoms with van der Waals surface area (Å²) in [6, 6.07) is 14.1. The average molecular weight is 256 g/mol. The highest BCUT2D eigenvalue weighted by Crippen LogP contribution is 2.32. The van der Waals surface area contributed by atoms with E-state index in [2.05, 4.69) is 16.8 Å². The Labute approximate surface area is 112 Å². The van der Waals surface area contributed by atoms with Crippen LogP contribution in [0.15, 0.2) is 48.7 Å². The molecule has 0 saturated heterocycles. The molecule has 4 nitrogen and oxygen atoms in total. The molecule has 0 bridgehead atoms. The summed E-state index contributed by atoms with van der Waals surface area (Å²) in [6.45, 7) is 1.47. The molecule has 1 unspecified atom stereocenters. The smallest absolute Gasteiger partial charge is 0.410 e. The predicted octanol–water partition coefficient (Wildman–Crippen LogP) is 2.66. The van der Waals surface area contributed by atoms with Crippen molar-refractivity contribution in [3.63, 3.8) is 0 Å². The van der Waals surface area contributed by atoms with Crippen molar-refractivity contribution in [1.82, 2.24) is 9.47 Å². The molecule has 1 aliphatic rings. The molecule has 2 aromatic rings. The first-order valence-corrected chi connectivity index (χ1v) is 6.36. The Morgan fingerprint density at radius 3 is 2.68 bits per heavy atom. The van der Waals surface area contributed by atoms with Crippen LogP contribution in [0.5, 0.6) is 0 Å². The van der Waals surface area contributed by atoms with Crippen LogP contribution < -0.4 is 0 Å². The number of methoxy groups -OCH3 is 1. The average Bonchev–Trinajstić information content (AvgIpc) is 2.94. The van der Waals surface area contributed by atoms with Crippen LogP contribution in [0.4, 0.5) is 4.79 Å². The van der Waals surface area contributed by atoms with Gasteiger partial charge < -0.3 is 9.30 Å². The van der Waals surface area contributed by atoms with Crippen LogP contribution in [-0.2, 0) is 11.3 Å². The fourth-order valence-corrected chi connectivity index (χ4v) is 2.68. The van der Waals surface area contributed by atoms with E-state index in [1.54, 1.807) is 4.90 Å². The minimum atomic E-state index is -0.277. The number of fused-ring (bicyclic) bond motifs is 1. The Kier molecular flexibility index (Phi) is 2.99. The topological polar surface area (TPSA) is 34.5 Å². The van der Waals surface area contributed by atoms with E-state index in [1.807, 2.05) is 36.4 Å². The van der Waals surface area contributed by atoms with Crippen molar-refractivity contribution in [2.45, 2.75) is 12.6 Å². The third kappa shape index (κ3) is 1.99. The largest absolute Gasteiger partial charge is 0.453 e. The molecule has 0 saturated carbocycles. The van der Waals surface area contributed by atoms with Gasteiger partial charge in [0.05, 0.1) is 7.11 Å². The fourth-order valence-electron chi connectivity index (χ4n) is 2.68. The molecule has 1 aliphatic heterocycles. The predicted molar refractivity (Wildman–Crippen MR) is 71.8 cm³/mol. The number of rotatable bonds is 1. The van der Waals surface area contributed by atoms with E-state index in [0.29, 0.717) is 6.54 Å². The molecule has 1 aromatic heterocycles. The molecule has 1 aromatic carbocycles. The van der Waals surface area contributed by atoms with Gasteiger partial charge in [-0.15, -0.1) is 0 Å². The van der Waals surface area contributed by atoms with Crippen LogP contribution in [0.1, 0.15) is 17.3 Å². The molecule has 3 rings (SSSR count). The zero-order chi connectivity index (χ0) is 13.2. The molecular weight excluding hydrogens is 240 g/mol. The van der Waals surface area contributed by atoms with E-state index in [-0.39, 0.29) is 12.1 Å². The third-order valence-electron chi connectivity index (χ3n) is 3.56. The molecule has 0 aliphatic carbocycles. The van der Waals surface area contributed by atoms with Gasteiger partial charge in [0.25, 0.3) is 0 Å². The standard InChI is InChI=1S/C15H16N2O2/c1-19-15(18)17-11-10-16-9-5-8-13(16)14(17)12-6-3-2-4-7-12/h2-9,14H,10-11H2,1H3. The number of ether oxygens (including phenoxy) is 1. The second-order valence-corrected chi connectivity index (χ2v) is 4.60. The minimum absolute atomic E-state index is 0.0719. The Balaban J connectivity index is 2.07. The van der Waals surface area contributed by atoms with Gasteiger partial charge in [-0.1, -0.05) is 30.3 Å². The Bertz CT molecular complexity index is 577. The highest BCUT2D eigenvalue weighted by molar-refractivity contribution is 5.69. The Morgan fingerprint density at radius 1 is 1.16 bits per heavy atom. The van der Waals surface area contributed by atoms with Crippen molar-refractivity contribution in [2.24, 2.45) is 0 Å². The van der Waals surface area contributed by atoms with Crippen molar-refractivity contribution in [2.75, 3.05) is 13.7 Å². The van der Waals surface area contributed by atoms with E-state index in [4.69, 9.17) is 4.74 Å². The number of benzene rings is 1. The monoisotopic (exact) mass is 256 g/mol. The lowest BCUT2D eigenvalue weighted by Crippen LogP contribution is -2.42. The molecule has 19 heavy (non-hydrogen) atoms. The normalized spacial score (nSPS) is 17.9. The Morgan fingerprint density at radius 2 is 1.95 bits per heavy atom. The van der Waals surface area contributed by atoms with E-state index in [0.717, 1.165) is 17.8 Å². The van der Waals surface area contributed by atoms with Crippen molar-refractivity contribution < 1.29 is 9.53 Å². The second kappa shape index (κ2) is 4.80. The number of aromatic nitrogens is 1. The highest BCUT2D eigenvalue weighted by atomic mass is 16.5. The maximum Gasteiger partial charge on any atom is 0.410 e. The molecule has 0 radical (unpaired) electrons. The molecule has 0 spiro atoms. The number of hydrogen-bond donors (Lipinski definition) is 0. The van der Waals surface area contributed by atoms with Gasteiger partial charge in [-0.3, -0.25) is 4.90 Å². The van der Waals surface area contributed by atoms with Gasteiger partial charge in [-0.05, 0) is 17.7 Å². The molecule has 1 amide bonds. The number of nitrogens with zero attached hydrogens (tertiary/aromatic N) is 2. The van der Waals surface area contributed by atoms with Gasteiger partial charge in [-0.2, -0.15) is 0 Å². The first kappa shape index (κ1) is 11.8. The number of carbonyl (C=O) groups is 1. The molecule has 2 heterocycles. The van der Waals surface area contributed by atoms with Crippen molar-refractivity contribution in [3.8, 4) is 0 Å². The summed E-state index contributed by atoms with van der Waals surface area (Å²) >= 11 is 0. The summed E-state index contributed by atoms with van der Waals surface area (Å²) in [4.78, 5) is 13.8. The van der Waals surface area contributed by atoms with Crippen molar-refractivity contribution in [1.29, 1.82) is 0 Å². The lowest BCUT2D eigenvalue weighted by atomic mass is 10.0. The molecule has 0 fully saturated rings. The minimum Gasteiger partial charge on any atom is -0.453 e. The van der Waals surface area contributed by atoms with Crippen LogP contribution in [-0.4, -0.2) is 29.2 Å². The summed E-state index contributed by atoms with van der Waals surface area (Å²) in [7, 11) is 1.43. The zero-order valence-corrected chi connectivity index (χ0v) is 10.8. The summed E-state index contributed by atoms with van der Waals surface area (Å²) in [6.07, 6.45) is 1.78. The first-order chi connectivity index (χ1) is 9.31. The molecular formula is C15H16N2O2. The lowest BCUT2D eigenvalue weighted by molar-refractivity contribution is 0.101. The van der Waals surface area contributed by atoms with Crippen LogP contribution >= 0.6 is 0 Å². The van der Waals surface area contributed by atoms with E-state index in [1.165, 1.54) is 7.11 Å². The molecule has 1 atom stereocenters. The highest BCUT2D eigenvalue weighted by Gasteiger charge is 2.32. The van der Waals surface area contributed by atoms with Crippen LogP contribution in [0.25, 0.3) is 0 Å². The van der Waals surface area contributed by atoms with Gasteiger partial charge in [0.1, 0.15) is 6.04 Å². The van der Waals surface area contributed by atoms with Gasteiger partial charge in [0.15, 0.2) is 0 Å². The van der Waals surface area contributed by atoms with E-state index < -0.39 is 0 Å². The number of hydrogen-bond acceptors (Lipinski definition) is 2. The first-order valence-electron chi connectivity index (χ1n) is 6.36. The van der Waals surface area contributed by atoms with Crippen molar-refractivity contribution in [3.05, 3.63) is 59.9 Å². The maximum absolute atomic E-state index is 12.0. The fraction of sp³-hybridized carbons (Fsp3) is 0.267. The lowest BCUT2D eigenvalue weighted by Gasteiger charge is -2.36. The molecule has 0 N–H and O–H groups in total. The summed E-state index contributed by atoms with van der Waals surface area (Å²) in [5.41, 5.74) is 2.23. The van der Waals surface area contributed by atoms with E-state index in [9.17, 15) is 4.79 Å². The third-order valence-corrected chi connectivity index (χ3v) is 3.56. The number of amides is 1. The SMILES string of the molecule is COC(=O)N1CCn2cccc2C1c1ccccc1. The quantitative estimate of drug-likeness (QED) is 0.786. The van der Waals surface area contributed by atoms with Crippen molar-refractivity contribution >= 4 is 6.09 Å². The van der Waals surface area contributed by atoms with Gasteiger partial charge in [0.2, 0.25) is 0 Å². The van der Waals surface area contributed by atoms with Gasteiger partial charge in [-0.25, -0.2) is 4.79 Å². The summed E-state index contributed by atoms with van der Waals surface area (Å²) in [5.74, 6) is 0. The molecule has 4 heteroatoms. The Hall–Kier alpha value is -2.23. The second-order valence-electron chi connectivity index (χ2n) is 4.60. The van der Waals surface area contributed by atoms with Gasteiger partial charge >= 0.3 is 6.09 Å². The zero-order valence-electron chi connectivity index (χ0n) is 10.8. The summed E-state index contributed by atoms with van der Waals surface area (Å²) in [5, 5.41) is 0. The van der Waals surface area contributed by atoms with E-state index >= 15 is 0 Å².